The molecule has 6 rings (SSSR count). The minimum absolute atomic E-state index is 0.268. The molecule has 3 heterocycles. The number of hydrogen-bond acceptors (Lipinski definition) is 7. The summed E-state index contributed by atoms with van der Waals surface area (Å²) in [6, 6.07) is 16.6. The Morgan fingerprint density at radius 3 is 2.77 bits per heavy atom. The lowest BCUT2D eigenvalue weighted by molar-refractivity contribution is 0.360. The first-order valence-electron chi connectivity index (χ1n) is 11.9. The molecule has 0 saturated carbocycles. The van der Waals surface area contributed by atoms with E-state index in [-0.39, 0.29) is 5.92 Å². The molecule has 0 fully saturated rings. The molecule has 0 saturated heterocycles. The van der Waals surface area contributed by atoms with Crippen LogP contribution in [-0.4, -0.2) is 44.9 Å². The van der Waals surface area contributed by atoms with E-state index in [9.17, 15) is 0 Å². The molecule has 4 bridgehead atoms. The van der Waals surface area contributed by atoms with Crippen LogP contribution in [0, 0.1) is 6.92 Å². The number of ether oxygens (including phenoxy) is 1. The molecule has 0 spiro atoms. The Kier molecular flexibility index (Phi) is 5.41. The quantitative estimate of drug-likeness (QED) is 0.434. The summed E-state index contributed by atoms with van der Waals surface area (Å²) in [6.07, 6.45) is 7.87. The van der Waals surface area contributed by atoms with Crippen molar-refractivity contribution in [3.05, 3.63) is 89.7 Å². The summed E-state index contributed by atoms with van der Waals surface area (Å²) in [6.45, 7) is 3.05. The second kappa shape index (κ2) is 8.87. The highest BCUT2D eigenvalue weighted by atomic mass is 16.5. The molecule has 1 aliphatic carbocycles. The molecular weight excluding hydrogens is 438 g/mol. The lowest BCUT2D eigenvalue weighted by atomic mass is 9.97. The molecule has 1 aliphatic heterocycles. The van der Waals surface area contributed by atoms with Crippen LogP contribution in [0.15, 0.2) is 67.0 Å². The van der Waals surface area contributed by atoms with Gasteiger partial charge in [-0.3, -0.25) is 0 Å². The van der Waals surface area contributed by atoms with Gasteiger partial charge in [0.25, 0.3) is 0 Å². The second-order valence-corrected chi connectivity index (χ2v) is 8.94. The average Bonchev–Trinajstić information content (AvgIpc) is 3.50. The Hall–Kier alpha value is -4.20. The van der Waals surface area contributed by atoms with E-state index in [2.05, 4.69) is 63.8 Å². The van der Waals surface area contributed by atoms with Crippen molar-refractivity contribution in [1.82, 2.24) is 24.7 Å². The van der Waals surface area contributed by atoms with Crippen LogP contribution in [0.25, 0.3) is 5.69 Å². The van der Waals surface area contributed by atoms with Crippen LogP contribution in [0.5, 0.6) is 5.75 Å². The number of aryl methyl sites for hydroxylation is 1. The van der Waals surface area contributed by atoms with Gasteiger partial charge in [-0.1, -0.05) is 36.4 Å². The van der Waals surface area contributed by atoms with Gasteiger partial charge in [0.2, 0.25) is 5.95 Å². The van der Waals surface area contributed by atoms with Crippen molar-refractivity contribution < 1.29 is 4.74 Å². The van der Waals surface area contributed by atoms with Gasteiger partial charge in [-0.2, -0.15) is 10.1 Å². The molecule has 176 valence electrons. The zero-order chi connectivity index (χ0) is 23.8. The zero-order valence-electron chi connectivity index (χ0n) is 19.8. The number of rotatable bonds is 2. The fourth-order valence-electron chi connectivity index (χ4n) is 4.84. The van der Waals surface area contributed by atoms with E-state index < -0.39 is 0 Å². The standard InChI is InChI=1S/C27H27N7O/c1-18-28-17-34(32-18)23-13-10-20-16-24(23)35-15-7-6-14-33(2)26-22-12-11-21(19-8-4-3-5-9-19)25(22)30-27(29-20)31-26/h3-10,13,16-17,21H,11-12,14-15H2,1-2H3,(H,29,30,31)/b7-6-. The third-order valence-electron chi connectivity index (χ3n) is 6.54. The molecule has 8 nitrogen and oxygen atoms in total. The molecule has 1 atom stereocenters. The van der Waals surface area contributed by atoms with Gasteiger partial charge in [-0.05, 0) is 43.5 Å². The number of benzene rings is 2. The molecule has 2 aliphatic rings. The summed E-state index contributed by atoms with van der Waals surface area (Å²) < 4.78 is 7.86. The first-order valence-corrected chi connectivity index (χ1v) is 11.9. The van der Waals surface area contributed by atoms with Crippen molar-refractivity contribution in [2.45, 2.75) is 25.7 Å². The Balaban J connectivity index is 1.44. The summed E-state index contributed by atoms with van der Waals surface area (Å²) in [5, 5.41) is 7.88. The lowest BCUT2D eigenvalue weighted by Gasteiger charge is -2.21. The maximum Gasteiger partial charge on any atom is 0.229 e. The van der Waals surface area contributed by atoms with Crippen LogP contribution >= 0.6 is 0 Å². The predicted octanol–water partition coefficient (Wildman–Crippen LogP) is 4.57. The summed E-state index contributed by atoms with van der Waals surface area (Å²) in [5.74, 6) is 3.26. The van der Waals surface area contributed by atoms with Gasteiger partial charge < -0.3 is 15.0 Å². The van der Waals surface area contributed by atoms with Crippen molar-refractivity contribution >= 4 is 17.5 Å². The summed E-state index contributed by atoms with van der Waals surface area (Å²) >= 11 is 0. The van der Waals surface area contributed by atoms with E-state index >= 15 is 0 Å². The molecule has 0 radical (unpaired) electrons. The molecule has 0 amide bonds. The Morgan fingerprint density at radius 2 is 1.94 bits per heavy atom. The number of aromatic nitrogens is 5. The van der Waals surface area contributed by atoms with Crippen LogP contribution in [0.2, 0.25) is 0 Å². The maximum absolute atomic E-state index is 6.13. The summed E-state index contributed by atoms with van der Waals surface area (Å²) in [5.41, 5.74) is 5.33. The normalized spacial score (nSPS) is 17.9. The van der Waals surface area contributed by atoms with E-state index in [1.165, 1.54) is 11.1 Å². The number of anilines is 3. The van der Waals surface area contributed by atoms with Gasteiger partial charge >= 0.3 is 0 Å². The number of nitrogens with zero attached hydrogens (tertiary/aromatic N) is 6. The monoisotopic (exact) mass is 465 g/mol. The van der Waals surface area contributed by atoms with Crippen LogP contribution in [0.3, 0.4) is 0 Å². The van der Waals surface area contributed by atoms with E-state index in [0.29, 0.717) is 24.1 Å². The molecule has 2 aromatic heterocycles. The van der Waals surface area contributed by atoms with Gasteiger partial charge in [-0.15, -0.1) is 0 Å². The van der Waals surface area contributed by atoms with Gasteiger partial charge in [0.05, 0.1) is 5.69 Å². The first-order chi connectivity index (χ1) is 17.2. The molecule has 4 aromatic rings. The largest absolute Gasteiger partial charge is 0.487 e. The van der Waals surface area contributed by atoms with Gasteiger partial charge in [0.1, 0.15) is 36.0 Å². The fraction of sp³-hybridized carbons (Fsp3) is 0.259. The van der Waals surface area contributed by atoms with Crippen molar-refractivity contribution in [1.29, 1.82) is 0 Å². The number of likely N-dealkylation sites (N-methyl/N-ethyl adjacent to an activating group) is 1. The molecule has 1 N–H and O–H groups in total. The van der Waals surface area contributed by atoms with E-state index in [1.807, 2.05) is 31.2 Å². The Bertz CT molecular complexity index is 1400. The fourth-order valence-corrected chi connectivity index (χ4v) is 4.84. The molecule has 8 heteroatoms. The van der Waals surface area contributed by atoms with Crippen LogP contribution < -0.4 is 15.0 Å². The third kappa shape index (κ3) is 4.12. The van der Waals surface area contributed by atoms with E-state index in [4.69, 9.17) is 14.7 Å². The number of nitrogens with one attached hydrogen (secondary N) is 1. The van der Waals surface area contributed by atoms with E-state index in [0.717, 1.165) is 42.3 Å². The van der Waals surface area contributed by atoms with E-state index in [1.54, 1.807) is 11.0 Å². The molecule has 1 unspecified atom stereocenters. The Morgan fingerprint density at radius 1 is 1.06 bits per heavy atom. The maximum atomic E-state index is 6.13. The number of fused-ring (bicyclic) bond motifs is 6. The van der Waals surface area contributed by atoms with Crippen molar-refractivity contribution in [2.24, 2.45) is 0 Å². The Labute approximate surface area is 204 Å². The third-order valence-corrected chi connectivity index (χ3v) is 6.54. The molecular formula is C27H27N7O. The highest BCUT2D eigenvalue weighted by molar-refractivity contribution is 5.64. The smallest absolute Gasteiger partial charge is 0.229 e. The van der Waals surface area contributed by atoms with Crippen molar-refractivity contribution in [2.75, 3.05) is 30.4 Å². The van der Waals surface area contributed by atoms with Crippen LogP contribution in [0.4, 0.5) is 17.5 Å². The predicted molar refractivity (Wildman–Crippen MR) is 136 cm³/mol. The highest BCUT2D eigenvalue weighted by Gasteiger charge is 2.30. The van der Waals surface area contributed by atoms with Crippen LogP contribution in [-0.2, 0) is 6.42 Å². The molecule has 35 heavy (non-hydrogen) atoms. The minimum atomic E-state index is 0.268. The topological polar surface area (TPSA) is 81.0 Å². The van der Waals surface area contributed by atoms with Gasteiger partial charge in [0.15, 0.2) is 0 Å². The second-order valence-electron chi connectivity index (χ2n) is 8.94. The zero-order valence-corrected chi connectivity index (χ0v) is 19.8. The van der Waals surface area contributed by atoms with Crippen LogP contribution in [0.1, 0.15) is 35.0 Å². The first kappa shape index (κ1) is 21.3. The minimum Gasteiger partial charge on any atom is -0.487 e. The van der Waals surface area contributed by atoms with Gasteiger partial charge in [0, 0.05) is 36.8 Å². The highest BCUT2D eigenvalue weighted by Crippen LogP contribution is 2.41. The average molecular weight is 466 g/mol. The van der Waals surface area contributed by atoms with Crippen molar-refractivity contribution in [3.8, 4) is 11.4 Å². The number of hydrogen-bond donors (Lipinski definition) is 1. The van der Waals surface area contributed by atoms with Gasteiger partial charge in [-0.25, -0.2) is 14.6 Å². The SMILES string of the molecule is Cc1ncn(-c2ccc3cc2OC/C=C\CN(C)c2nc(nc4c2CCC4c2ccccc2)N3)n1. The summed E-state index contributed by atoms with van der Waals surface area (Å²) in [4.78, 5) is 16.4. The van der Waals surface area contributed by atoms with Crippen molar-refractivity contribution in [3.63, 3.8) is 0 Å². The summed E-state index contributed by atoms with van der Waals surface area (Å²) in [7, 11) is 2.08. The molecule has 2 aromatic carbocycles. The lowest BCUT2D eigenvalue weighted by Crippen LogP contribution is -2.21.